The summed E-state index contributed by atoms with van der Waals surface area (Å²) in [6, 6.07) is 58.4. The molecule has 0 aliphatic heterocycles. The van der Waals surface area contributed by atoms with Gasteiger partial charge in [0, 0.05) is 62.3 Å². The summed E-state index contributed by atoms with van der Waals surface area (Å²) < 4.78 is 4.74. The molecule has 10 rings (SSSR count). The van der Waals surface area contributed by atoms with Gasteiger partial charge >= 0.3 is 0 Å². The Kier molecular flexibility index (Phi) is 7.18. The number of hydrogen-bond acceptors (Lipinski definition) is 3. The number of hydrogen-bond donors (Lipinski definition) is 0. The summed E-state index contributed by atoms with van der Waals surface area (Å²) in [6.45, 7) is 4.28. The Hall–Kier alpha value is -6.98. The first-order valence-electron chi connectivity index (χ1n) is 18.0. The molecule has 0 aliphatic rings. The molecule has 4 aromatic heterocycles. The molecule has 0 atom stereocenters. The fourth-order valence-electron chi connectivity index (χ4n) is 7.89. The van der Waals surface area contributed by atoms with Crippen molar-refractivity contribution in [3.8, 4) is 22.8 Å². The van der Waals surface area contributed by atoms with E-state index in [1.54, 1.807) is 0 Å². The van der Waals surface area contributed by atoms with Crippen molar-refractivity contribution in [2.24, 2.45) is 0 Å². The van der Waals surface area contributed by atoms with Gasteiger partial charge in [0.05, 0.1) is 27.8 Å². The molecule has 0 saturated heterocycles. The van der Waals surface area contributed by atoms with Gasteiger partial charge in [0.15, 0.2) is 0 Å². The van der Waals surface area contributed by atoms with Crippen molar-refractivity contribution < 1.29 is 0 Å². The molecule has 0 fully saturated rings. The summed E-state index contributed by atoms with van der Waals surface area (Å²) in [5, 5.41) is 4.87. The molecule has 0 saturated carbocycles. The first-order valence-corrected chi connectivity index (χ1v) is 18.0. The minimum atomic E-state index is 0.903. The normalized spacial score (nSPS) is 11.6. The van der Waals surface area contributed by atoms with Gasteiger partial charge in [-0.15, -0.1) is 0 Å². The molecule has 0 bridgehead atoms. The van der Waals surface area contributed by atoms with E-state index < -0.39 is 0 Å². The zero-order chi connectivity index (χ0) is 35.5. The maximum absolute atomic E-state index is 5.05. The monoisotopic (exact) mass is 681 g/mol. The van der Waals surface area contributed by atoms with E-state index in [1.165, 1.54) is 43.7 Å². The van der Waals surface area contributed by atoms with E-state index in [0.29, 0.717) is 0 Å². The van der Waals surface area contributed by atoms with Crippen molar-refractivity contribution >= 4 is 60.7 Å². The Morgan fingerprint density at radius 3 is 1.91 bits per heavy atom. The molecule has 252 valence electrons. The molecule has 0 aliphatic carbocycles. The SMILES string of the molecule is Cc1cnc(-n2c3cc(N(c4ccccc4)c4cccc(-c5ccccn5)c4)ccc3c3c4c5ccccc5n(-c5ccccc5)c4ccc32)cc1C. The molecule has 53 heavy (non-hydrogen) atoms. The summed E-state index contributed by atoms with van der Waals surface area (Å²) in [6.07, 6.45) is 3.84. The molecule has 0 unspecified atom stereocenters. The lowest BCUT2D eigenvalue weighted by atomic mass is 10.0. The number of fused-ring (bicyclic) bond motifs is 7. The van der Waals surface area contributed by atoms with Crippen LogP contribution < -0.4 is 4.90 Å². The van der Waals surface area contributed by atoms with Crippen molar-refractivity contribution in [3.05, 3.63) is 187 Å². The highest BCUT2D eigenvalue weighted by molar-refractivity contribution is 6.29. The van der Waals surface area contributed by atoms with Crippen molar-refractivity contribution in [2.75, 3.05) is 4.90 Å². The van der Waals surface area contributed by atoms with E-state index in [0.717, 1.165) is 50.9 Å². The molecular weight excluding hydrogens is 647 g/mol. The Labute approximate surface area is 307 Å². The van der Waals surface area contributed by atoms with Crippen LogP contribution >= 0.6 is 0 Å². The summed E-state index contributed by atoms with van der Waals surface area (Å²) in [7, 11) is 0. The Morgan fingerprint density at radius 1 is 0.453 bits per heavy atom. The first kappa shape index (κ1) is 30.8. The third-order valence-corrected chi connectivity index (χ3v) is 10.5. The minimum absolute atomic E-state index is 0.903. The van der Waals surface area contributed by atoms with Crippen molar-refractivity contribution in [1.82, 2.24) is 19.1 Å². The Balaban J connectivity index is 1.29. The van der Waals surface area contributed by atoms with Crippen LogP contribution in [0.5, 0.6) is 0 Å². The topological polar surface area (TPSA) is 38.9 Å². The fourth-order valence-corrected chi connectivity index (χ4v) is 7.89. The van der Waals surface area contributed by atoms with Gasteiger partial charge < -0.3 is 9.47 Å². The molecule has 0 spiro atoms. The average Bonchev–Trinajstić information content (AvgIpc) is 3.73. The van der Waals surface area contributed by atoms with Gasteiger partial charge in [-0.05, 0) is 110 Å². The lowest BCUT2D eigenvalue weighted by molar-refractivity contribution is 1.06. The summed E-state index contributed by atoms with van der Waals surface area (Å²) in [5.74, 6) is 0.903. The Bertz CT molecular complexity index is 2960. The zero-order valence-electron chi connectivity index (χ0n) is 29.5. The quantitative estimate of drug-likeness (QED) is 0.175. The molecule has 0 amide bonds. The standard InChI is InChI=1S/C48H35N5/c1-32-28-46(50-31-33(32)2)53-44-26-25-43-47(39-20-9-10-22-42(39)52(43)36-17-7-4-8-18-36)48(44)40-24-23-38(30-45(40)53)51(35-15-5-3-6-16-35)37-19-13-14-34(29-37)41-21-11-12-27-49-41/h3-31H,1-2H3. The van der Waals surface area contributed by atoms with Gasteiger partial charge in [-0.25, -0.2) is 4.98 Å². The molecule has 5 nitrogen and oxygen atoms in total. The summed E-state index contributed by atoms with van der Waals surface area (Å²) >= 11 is 0. The highest BCUT2D eigenvalue weighted by Gasteiger charge is 2.23. The average molecular weight is 682 g/mol. The lowest BCUT2D eigenvalue weighted by Crippen LogP contribution is -2.10. The van der Waals surface area contributed by atoms with Crippen LogP contribution in [0.1, 0.15) is 11.1 Å². The van der Waals surface area contributed by atoms with Gasteiger partial charge in [-0.1, -0.05) is 78.9 Å². The maximum Gasteiger partial charge on any atom is 0.137 e. The van der Waals surface area contributed by atoms with Gasteiger partial charge in [0.2, 0.25) is 0 Å². The van der Waals surface area contributed by atoms with Gasteiger partial charge in [-0.3, -0.25) is 9.55 Å². The third-order valence-electron chi connectivity index (χ3n) is 10.5. The summed E-state index contributed by atoms with van der Waals surface area (Å²) in [5.41, 5.74) is 13.3. The van der Waals surface area contributed by atoms with Crippen molar-refractivity contribution in [3.63, 3.8) is 0 Å². The van der Waals surface area contributed by atoms with Crippen LogP contribution in [0.25, 0.3) is 66.4 Å². The van der Waals surface area contributed by atoms with Gasteiger partial charge in [0.1, 0.15) is 5.82 Å². The number of anilines is 3. The van der Waals surface area contributed by atoms with Gasteiger partial charge in [0.25, 0.3) is 0 Å². The molecular formula is C48H35N5. The van der Waals surface area contributed by atoms with E-state index in [2.05, 4.69) is 185 Å². The predicted molar refractivity (Wildman–Crippen MR) is 220 cm³/mol. The van der Waals surface area contributed by atoms with Crippen LogP contribution in [-0.4, -0.2) is 19.1 Å². The number of aryl methyl sites for hydroxylation is 2. The number of rotatable bonds is 6. The molecule has 6 aromatic carbocycles. The molecule has 5 heteroatoms. The third kappa shape index (κ3) is 5.01. The highest BCUT2D eigenvalue weighted by atomic mass is 15.1. The number of para-hydroxylation sites is 3. The minimum Gasteiger partial charge on any atom is -0.310 e. The first-order chi connectivity index (χ1) is 26.1. The van der Waals surface area contributed by atoms with Gasteiger partial charge in [-0.2, -0.15) is 0 Å². The molecule has 10 aromatic rings. The van der Waals surface area contributed by atoms with Crippen LogP contribution in [0.15, 0.2) is 176 Å². The van der Waals surface area contributed by atoms with Crippen molar-refractivity contribution in [1.29, 1.82) is 0 Å². The van der Waals surface area contributed by atoms with E-state index >= 15 is 0 Å². The number of nitrogens with zero attached hydrogens (tertiary/aromatic N) is 5. The number of benzene rings is 6. The van der Waals surface area contributed by atoms with Crippen LogP contribution in [0, 0.1) is 13.8 Å². The van der Waals surface area contributed by atoms with Crippen LogP contribution in [0.4, 0.5) is 17.1 Å². The second-order valence-electron chi connectivity index (χ2n) is 13.6. The van der Waals surface area contributed by atoms with Crippen LogP contribution in [0.3, 0.4) is 0 Å². The Morgan fingerprint density at radius 2 is 1.13 bits per heavy atom. The largest absolute Gasteiger partial charge is 0.310 e. The lowest BCUT2D eigenvalue weighted by Gasteiger charge is -2.26. The second-order valence-corrected chi connectivity index (χ2v) is 13.6. The highest BCUT2D eigenvalue weighted by Crippen LogP contribution is 2.44. The predicted octanol–water partition coefficient (Wildman–Crippen LogP) is 12.4. The molecule has 4 heterocycles. The van der Waals surface area contributed by atoms with E-state index in [1.807, 2.05) is 24.5 Å². The zero-order valence-corrected chi connectivity index (χ0v) is 29.5. The fraction of sp³-hybridized carbons (Fsp3) is 0.0417. The van der Waals surface area contributed by atoms with E-state index in [9.17, 15) is 0 Å². The van der Waals surface area contributed by atoms with Crippen LogP contribution in [-0.2, 0) is 0 Å². The summed E-state index contributed by atoms with van der Waals surface area (Å²) in [4.78, 5) is 12.0. The number of pyridine rings is 2. The van der Waals surface area contributed by atoms with Crippen LogP contribution in [0.2, 0.25) is 0 Å². The van der Waals surface area contributed by atoms with E-state index in [4.69, 9.17) is 4.98 Å². The molecule has 0 N–H and O–H groups in total. The number of aromatic nitrogens is 4. The van der Waals surface area contributed by atoms with E-state index in [-0.39, 0.29) is 0 Å². The second kappa shape index (κ2) is 12.4. The molecule has 0 radical (unpaired) electrons. The maximum atomic E-state index is 5.05. The smallest absolute Gasteiger partial charge is 0.137 e. The van der Waals surface area contributed by atoms with Crippen molar-refractivity contribution in [2.45, 2.75) is 13.8 Å².